The standard InChI is InChI=1S/C40H38ClN2/c1-39(2)34(42(5)32-22-18-26-12-7-9-16-30(26)36(32)39)24-20-28-14-11-15-29(38(28)41)21-25-35-40(3,4)37-31-17-10-8-13-27(31)19-23-33(37)43(35)6/h7-14,16-25H,15H2,1-6H3/q+1. The van der Waals surface area contributed by atoms with Gasteiger partial charge in [-0.1, -0.05) is 104 Å². The van der Waals surface area contributed by atoms with Crippen molar-refractivity contribution in [3.05, 3.63) is 142 Å². The van der Waals surface area contributed by atoms with E-state index in [1.54, 1.807) is 0 Å². The molecule has 4 aromatic carbocycles. The first-order chi connectivity index (χ1) is 20.6. The average molecular weight is 582 g/mol. The first kappa shape index (κ1) is 27.7. The summed E-state index contributed by atoms with van der Waals surface area (Å²) in [5.74, 6) is 0. The minimum atomic E-state index is -0.131. The van der Waals surface area contributed by atoms with Crippen molar-refractivity contribution in [3.8, 4) is 0 Å². The van der Waals surface area contributed by atoms with Gasteiger partial charge < -0.3 is 4.90 Å². The van der Waals surface area contributed by atoms with Gasteiger partial charge in [-0.3, -0.25) is 0 Å². The second-order valence-corrected chi connectivity index (χ2v) is 13.4. The van der Waals surface area contributed by atoms with E-state index in [1.165, 1.54) is 55.5 Å². The van der Waals surface area contributed by atoms with Gasteiger partial charge >= 0.3 is 0 Å². The number of nitrogens with zero attached hydrogens (tertiary/aromatic N) is 2. The molecule has 43 heavy (non-hydrogen) atoms. The highest BCUT2D eigenvalue weighted by molar-refractivity contribution is 6.33. The van der Waals surface area contributed by atoms with Crippen molar-refractivity contribution in [2.45, 2.75) is 44.9 Å². The molecular formula is C40H38ClN2+. The van der Waals surface area contributed by atoms with Gasteiger partial charge in [-0.05, 0) is 76.7 Å². The maximum Gasteiger partial charge on any atom is 0.210 e. The predicted octanol–water partition coefficient (Wildman–Crippen LogP) is 10.2. The summed E-state index contributed by atoms with van der Waals surface area (Å²) in [5.41, 5.74) is 9.79. The van der Waals surface area contributed by atoms with Gasteiger partial charge in [-0.15, -0.1) is 0 Å². The molecule has 3 heteroatoms. The molecule has 0 saturated heterocycles. The molecule has 0 radical (unpaired) electrons. The van der Waals surface area contributed by atoms with Crippen LogP contribution in [0.1, 0.15) is 45.2 Å². The first-order valence-electron chi connectivity index (χ1n) is 15.2. The van der Waals surface area contributed by atoms with Gasteiger partial charge in [0.2, 0.25) is 5.69 Å². The molecule has 0 saturated carbocycles. The Kier molecular flexibility index (Phi) is 6.41. The van der Waals surface area contributed by atoms with Crippen LogP contribution in [-0.2, 0) is 10.8 Å². The van der Waals surface area contributed by atoms with E-state index in [1.807, 2.05) is 0 Å². The third kappa shape index (κ3) is 4.18. The SMILES string of the molecule is CN1C(=CC=C2C=CCC(C=CC3=[N+](C)c4ccc5ccccc5c4C3(C)C)=C2Cl)C(C)(C)c2c1ccc1ccccc21. The van der Waals surface area contributed by atoms with E-state index < -0.39 is 0 Å². The summed E-state index contributed by atoms with van der Waals surface area (Å²) >= 11 is 7.11. The maximum absolute atomic E-state index is 7.11. The highest BCUT2D eigenvalue weighted by Crippen LogP contribution is 2.50. The number of rotatable bonds is 3. The third-order valence-electron chi connectivity index (χ3n) is 9.82. The summed E-state index contributed by atoms with van der Waals surface area (Å²) in [5, 5.41) is 6.03. The Bertz CT molecular complexity index is 2030. The van der Waals surface area contributed by atoms with Gasteiger partial charge in [0.15, 0.2) is 5.71 Å². The number of halogens is 1. The Morgan fingerprint density at radius 1 is 0.767 bits per heavy atom. The van der Waals surface area contributed by atoms with E-state index in [0.717, 1.165) is 22.6 Å². The van der Waals surface area contributed by atoms with Crippen molar-refractivity contribution in [1.29, 1.82) is 0 Å². The third-order valence-corrected chi connectivity index (χ3v) is 10.3. The Morgan fingerprint density at radius 2 is 1.42 bits per heavy atom. The van der Waals surface area contributed by atoms with E-state index in [-0.39, 0.29) is 10.8 Å². The smallest absolute Gasteiger partial charge is 0.210 e. The maximum atomic E-state index is 7.11. The number of anilines is 1. The molecule has 0 atom stereocenters. The fourth-order valence-corrected chi connectivity index (χ4v) is 7.93. The van der Waals surface area contributed by atoms with Crippen LogP contribution in [0.15, 0.2) is 131 Å². The van der Waals surface area contributed by atoms with E-state index in [4.69, 9.17) is 11.6 Å². The van der Waals surface area contributed by atoms with Crippen LogP contribution < -0.4 is 4.90 Å². The molecule has 0 spiro atoms. The van der Waals surface area contributed by atoms with Gasteiger partial charge in [0, 0.05) is 41.6 Å². The van der Waals surface area contributed by atoms with Crippen LogP contribution in [0.25, 0.3) is 21.5 Å². The summed E-state index contributed by atoms with van der Waals surface area (Å²) < 4.78 is 2.34. The molecule has 0 bridgehead atoms. The molecule has 7 rings (SSSR count). The zero-order valence-corrected chi connectivity index (χ0v) is 26.6. The molecule has 2 aliphatic heterocycles. The lowest BCUT2D eigenvalue weighted by Gasteiger charge is -2.24. The Balaban J connectivity index is 1.22. The molecule has 0 unspecified atom stereocenters. The van der Waals surface area contributed by atoms with Gasteiger partial charge in [-0.2, -0.15) is 4.58 Å². The molecule has 1 aliphatic carbocycles. The normalized spacial score (nSPS) is 20.9. The summed E-state index contributed by atoms with van der Waals surface area (Å²) in [7, 11) is 4.35. The van der Waals surface area contributed by atoms with E-state index in [9.17, 15) is 0 Å². The summed E-state index contributed by atoms with van der Waals surface area (Å²) in [4.78, 5) is 2.33. The number of benzene rings is 4. The van der Waals surface area contributed by atoms with Gasteiger partial charge in [0.1, 0.15) is 7.05 Å². The lowest BCUT2D eigenvalue weighted by molar-refractivity contribution is -0.401. The van der Waals surface area contributed by atoms with Crippen LogP contribution in [0.3, 0.4) is 0 Å². The van der Waals surface area contributed by atoms with Crippen LogP contribution in [0, 0.1) is 0 Å². The van der Waals surface area contributed by atoms with Crippen molar-refractivity contribution in [3.63, 3.8) is 0 Å². The minimum absolute atomic E-state index is 0.125. The topological polar surface area (TPSA) is 6.25 Å². The Labute approximate surface area is 260 Å². The second-order valence-electron chi connectivity index (χ2n) is 13.1. The van der Waals surface area contributed by atoms with Crippen molar-refractivity contribution < 1.29 is 4.58 Å². The minimum Gasteiger partial charge on any atom is -0.347 e. The summed E-state index contributed by atoms with van der Waals surface area (Å²) in [6.45, 7) is 9.31. The average Bonchev–Trinajstić information content (AvgIpc) is 3.33. The predicted molar refractivity (Wildman–Crippen MR) is 185 cm³/mol. The molecule has 2 nitrogen and oxygen atoms in total. The summed E-state index contributed by atoms with van der Waals surface area (Å²) in [6.07, 6.45) is 14.1. The van der Waals surface area contributed by atoms with Crippen LogP contribution in [-0.4, -0.2) is 24.4 Å². The largest absolute Gasteiger partial charge is 0.347 e. The fourth-order valence-electron chi connectivity index (χ4n) is 7.67. The zero-order chi connectivity index (χ0) is 30.1. The van der Waals surface area contributed by atoms with Gasteiger partial charge in [0.05, 0.1) is 10.4 Å². The highest BCUT2D eigenvalue weighted by Gasteiger charge is 2.44. The molecule has 3 aliphatic rings. The van der Waals surface area contributed by atoms with E-state index in [2.05, 4.69) is 161 Å². The molecule has 0 aromatic heterocycles. The van der Waals surface area contributed by atoms with E-state index >= 15 is 0 Å². The second kappa shape index (κ2) is 9.96. The van der Waals surface area contributed by atoms with Gasteiger partial charge in [0.25, 0.3) is 0 Å². The highest BCUT2D eigenvalue weighted by atomic mass is 35.5. The van der Waals surface area contributed by atoms with Crippen LogP contribution >= 0.6 is 11.6 Å². The molecular weight excluding hydrogens is 544 g/mol. The van der Waals surface area contributed by atoms with Crippen LogP contribution in [0.5, 0.6) is 0 Å². The Morgan fingerprint density at radius 3 is 2.14 bits per heavy atom. The van der Waals surface area contributed by atoms with Crippen molar-refractivity contribution in [2.24, 2.45) is 0 Å². The first-order valence-corrected chi connectivity index (χ1v) is 15.5. The molecule has 0 fully saturated rings. The number of fused-ring (bicyclic) bond motifs is 6. The lowest BCUT2D eigenvalue weighted by Crippen LogP contribution is -2.26. The van der Waals surface area contributed by atoms with Crippen molar-refractivity contribution in [2.75, 3.05) is 19.0 Å². The molecule has 0 N–H and O–H groups in total. The molecule has 214 valence electrons. The van der Waals surface area contributed by atoms with Crippen molar-refractivity contribution >= 4 is 50.2 Å². The zero-order valence-electron chi connectivity index (χ0n) is 25.9. The molecule has 4 aromatic rings. The molecule has 2 heterocycles. The van der Waals surface area contributed by atoms with Crippen LogP contribution in [0.4, 0.5) is 11.4 Å². The van der Waals surface area contributed by atoms with Crippen LogP contribution in [0.2, 0.25) is 0 Å². The fraction of sp³-hybridized carbons (Fsp3) is 0.225. The monoisotopic (exact) mass is 581 g/mol. The lowest BCUT2D eigenvalue weighted by atomic mass is 9.79. The molecule has 0 amide bonds. The Hall–Kier alpha value is -4.14. The van der Waals surface area contributed by atoms with E-state index in [0.29, 0.717) is 0 Å². The number of allylic oxidation sites excluding steroid dienone is 10. The number of hydrogen-bond acceptors (Lipinski definition) is 1. The number of hydrogen-bond donors (Lipinski definition) is 0. The van der Waals surface area contributed by atoms with Gasteiger partial charge in [-0.25, -0.2) is 0 Å². The summed E-state index contributed by atoms with van der Waals surface area (Å²) in [6, 6.07) is 26.4. The number of likely N-dealkylation sites (N-methyl/N-ethyl adjacent to an activating group) is 1. The quantitative estimate of drug-likeness (QED) is 0.218. The van der Waals surface area contributed by atoms with Crippen molar-refractivity contribution in [1.82, 2.24) is 0 Å².